The molecule has 0 aliphatic carbocycles. The number of aromatic nitrogens is 2. The highest BCUT2D eigenvalue weighted by Gasteiger charge is 2.25. The second-order valence-electron chi connectivity index (χ2n) is 5.14. The molecule has 0 N–H and O–H groups in total. The van der Waals surface area contributed by atoms with Crippen molar-refractivity contribution in [1.29, 1.82) is 0 Å². The zero-order valence-corrected chi connectivity index (χ0v) is 14.4. The summed E-state index contributed by atoms with van der Waals surface area (Å²) in [4.78, 5) is 16.0. The lowest BCUT2D eigenvalue weighted by Gasteiger charge is -2.33. The number of thiophene rings is 1. The maximum Gasteiger partial charge on any atom is 0.360 e. The predicted molar refractivity (Wildman–Crippen MR) is 88.3 cm³/mol. The number of morpholine rings is 1. The van der Waals surface area contributed by atoms with Gasteiger partial charge in [0.25, 0.3) is 0 Å². The van der Waals surface area contributed by atoms with Crippen LogP contribution in [0.4, 0.5) is 5.82 Å². The van der Waals surface area contributed by atoms with Crippen LogP contribution in [0.5, 0.6) is 0 Å². The summed E-state index contributed by atoms with van der Waals surface area (Å²) >= 11 is 7.85. The molecule has 1 aliphatic heterocycles. The first kappa shape index (κ1) is 16.2. The van der Waals surface area contributed by atoms with Crippen LogP contribution < -0.4 is 4.90 Å². The molecule has 8 heteroatoms. The fourth-order valence-electron chi connectivity index (χ4n) is 2.41. The Bertz CT molecular complexity index is 722. The van der Waals surface area contributed by atoms with Crippen LogP contribution in [0, 0.1) is 6.92 Å². The van der Waals surface area contributed by atoms with Crippen molar-refractivity contribution in [3.8, 4) is 0 Å². The maximum atomic E-state index is 11.5. The van der Waals surface area contributed by atoms with E-state index in [0.29, 0.717) is 25.5 Å². The van der Waals surface area contributed by atoms with Crippen LogP contribution in [0.1, 0.15) is 26.3 Å². The molecule has 122 valence electrons. The summed E-state index contributed by atoms with van der Waals surface area (Å²) in [6.07, 6.45) is 0.00306. The van der Waals surface area contributed by atoms with Crippen molar-refractivity contribution < 1.29 is 14.3 Å². The summed E-state index contributed by atoms with van der Waals surface area (Å²) < 4.78 is 10.5. The van der Waals surface area contributed by atoms with E-state index in [4.69, 9.17) is 16.3 Å². The average Bonchev–Trinajstić information content (AvgIpc) is 3.01. The van der Waals surface area contributed by atoms with Crippen molar-refractivity contribution in [1.82, 2.24) is 10.2 Å². The van der Waals surface area contributed by atoms with E-state index in [0.717, 1.165) is 0 Å². The van der Waals surface area contributed by atoms with E-state index in [1.165, 1.54) is 16.9 Å². The van der Waals surface area contributed by atoms with Gasteiger partial charge in [0, 0.05) is 22.4 Å². The van der Waals surface area contributed by atoms with E-state index in [-0.39, 0.29) is 16.8 Å². The molecule has 2 aromatic rings. The Labute approximate surface area is 143 Å². The zero-order chi connectivity index (χ0) is 16.4. The van der Waals surface area contributed by atoms with Gasteiger partial charge in [-0.2, -0.15) is 0 Å². The number of rotatable bonds is 3. The highest BCUT2D eigenvalue weighted by atomic mass is 35.5. The van der Waals surface area contributed by atoms with Gasteiger partial charge >= 0.3 is 5.97 Å². The molecule has 1 aliphatic rings. The van der Waals surface area contributed by atoms with E-state index in [9.17, 15) is 4.79 Å². The smallest absolute Gasteiger partial charge is 0.360 e. The van der Waals surface area contributed by atoms with Gasteiger partial charge in [0.05, 0.1) is 25.3 Å². The maximum absolute atomic E-state index is 11.5. The van der Waals surface area contributed by atoms with Crippen LogP contribution in [-0.2, 0) is 9.47 Å². The first-order valence-electron chi connectivity index (χ1n) is 7.13. The molecular weight excluding hydrogens is 338 g/mol. The monoisotopic (exact) mass is 353 g/mol. The molecule has 1 atom stereocenters. The van der Waals surface area contributed by atoms with Crippen LogP contribution in [0.3, 0.4) is 0 Å². The number of hydrogen-bond acceptors (Lipinski definition) is 7. The van der Waals surface area contributed by atoms with Crippen molar-refractivity contribution in [3.05, 3.63) is 38.7 Å². The number of esters is 1. The number of anilines is 1. The molecule has 0 bridgehead atoms. The van der Waals surface area contributed by atoms with Crippen molar-refractivity contribution >= 4 is 34.7 Å². The van der Waals surface area contributed by atoms with Gasteiger partial charge in [-0.3, -0.25) is 0 Å². The predicted octanol–water partition coefficient (Wildman–Crippen LogP) is 2.86. The molecule has 6 nitrogen and oxygen atoms in total. The van der Waals surface area contributed by atoms with Gasteiger partial charge in [0.1, 0.15) is 6.10 Å². The molecule has 0 aromatic carbocycles. The van der Waals surface area contributed by atoms with E-state index in [2.05, 4.69) is 38.9 Å². The van der Waals surface area contributed by atoms with Gasteiger partial charge < -0.3 is 14.4 Å². The molecule has 3 rings (SSSR count). The van der Waals surface area contributed by atoms with Gasteiger partial charge in [-0.25, -0.2) is 4.79 Å². The number of methoxy groups -OCH3 is 1. The summed E-state index contributed by atoms with van der Waals surface area (Å²) in [5.74, 6) is 0.0344. The Balaban J connectivity index is 1.78. The molecule has 0 radical (unpaired) electrons. The molecule has 1 fully saturated rings. The van der Waals surface area contributed by atoms with E-state index in [1.807, 2.05) is 0 Å². The fourth-order valence-corrected chi connectivity index (χ4v) is 3.54. The Morgan fingerprint density at radius 1 is 1.48 bits per heavy atom. The number of hydrogen-bond donors (Lipinski definition) is 0. The van der Waals surface area contributed by atoms with E-state index < -0.39 is 5.97 Å². The molecule has 0 amide bonds. The summed E-state index contributed by atoms with van der Waals surface area (Å²) in [7, 11) is 1.28. The number of halogens is 1. The van der Waals surface area contributed by atoms with E-state index >= 15 is 0 Å². The third-order valence-electron chi connectivity index (χ3n) is 3.58. The summed E-state index contributed by atoms with van der Waals surface area (Å²) in [5, 5.41) is 8.23. The fraction of sp³-hybridized carbons (Fsp3) is 0.400. The molecular formula is C15H16ClN3O3S. The minimum absolute atomic E-state index is 0.00306. The molecule has 3 heterocycles. The van der Waals surface area contributed by atoms with Crippen LogP contribution in [0.25, 0.3) is 0 Å². The normalized spacial score (nSPS) is 18.0. The summed E-state index contributed by atoms with van der Waals surface area (Å²) in [6.45, 7) is 4.04. The quantitative estimate of drug-likeness (QED) is 0.790. The molecule has 1 unspecified atom stereocenters. The number of carbonyl (C=O) groups excluding carboxylic acids is 1. The zero-order valence-electron chi connectivity index (χ0n) is 12.8. The molecule has 0 saturated carbocycles. The largest absolute Gasteiger partial charge is 0.464 e. The Hall–Kier alpha value is -1.70. The van der Waals surface area contributed by atoms with Gasteiger partial charge in [-0.05, 0) is 19.1 Å². The number of carbonyl (C=O) groups is 1. The third kappa shape index (κ3) is 3.46. The van der Waals surface area contributed by atoms with Crippen LogP contribution in [0.15, 0.2) is 18.2 Å². The number of nitrogens with zero attached hydrogens (tertiary/aromatic N) is 3. The van der Waals surface area contributed by atoms with Crippen LogP contribution >= 0.6 is 22.9 Å². The molecule has 2 aromatic heterocycles. The van der Waals surface area contributed by atoms with Crippen LogP contribution in [0.2, 0.25) is 5.02 Å². The molecule has 1 saturated heterocycles. The van der Waals surface area contributed by atoms with Gasteiger partial charge in [-0.15, -0.1) is 21.5 Å². The Kier molecular flexibility index (Phi) is 4.79. The number of ether oxygens (including phenoxy) is 2. The van der Waals surface area contributed by atoms with Crippen molar-refractivity contribution in [3.63, 3.8) is 0 Å². The van der Waals surface area contributed by atoms with Crippen molar-refractivity contribution in [2.45, 2.75) is 13.0 Å². The highest BCUT2D eigenvalue weighted by Crippen LogP contribution is 2.30. The Morgan fingerprint density at radius 2 is 2.30 bits per heavy atom. The third-order valence-corrected chi connectivity index (χ3v) is 4.96. The van der Waals surface area contributed by atoms with Crippen LogP contribution in [-0.4, -0.2) is 43.0 Å². The van der Waals surface area contributed by atoms with Crippen molar-refractivity contribution in [2.75, 3.05) is 31.7 Å². The molecule has 0 spiro atoms. The highest BCUT2D eigenvalue weighted by molar-refractivity contribution is 7.12. The first-order chi connectivity index (χ1) is 11.1. The van der Waals surface area contributed by atoms with Gasteiger partial charge in [0.15, 0.2) is 11.5 Å². The summed E-state index contributed by atoms with van der Waals surface area (Å²) in [5.41, 5.74) is 0.0246. The topological polar surface area (TPSA) is 64.5 Å². The minimum atomic E-state index is -0.594. The number of aryl methyl sites for hydroxylation is 1. The second kappa shape index (κ2) is 6.82. The van der Waals surface area contributed by atoms with E-state index in [1.54, 1.807) is 17.4 Å². The van der Waals surface area contributed by atoms with Gasteiger partial charge in [-0.1, -0.05) is 11.6 Å². The lowest BCUT2D eigenvalue weighted by Crippen LogP contribution is -2.38. The lowest BCUT2D eigenvalue weighted by atomic mass is 10.2. The SMILES string of the molecule is COC(=O)c1nnc(N2CCOC(c3ccc(C)s3)C2)cc1Cl. The summed E-state index contributed by atoms with van der Waals surface area (Å²) in [6, 6.07) is 5.82. The average molecular weight is 354 g/mol. The second-order valence-corrected chi connectivity index (χ2v) is 6.87. The standard InChI is InChI=1S/C15H16ClN3O3S/c1-9-3-4-12(23-9)11-8-19(5-6-22-11)13-7-10(16)14(18-17-13)15(20)21-2/h3-4,7,11H,5-6,8H2,1-2H3. The minimum Gasteiger partial charge on any atom is -0.464 e. The van der Waals surface area contributed by atoms with Crippen molar-refractivity contribution in [2.24, 2.45) is 0 Å². The lowest BCUT2D eigenvalue weighted by molar-refractivity contribution is 0.0417. The molecule has 23 heavy (non-hydrogen) atoms. The first-order valence-corrected chi connectivity index (χ1v) is 8.32. The Morgan fingerprint density at radius 3 is 2.96 bits per heavy atom. The van der Waals surface area contributed by atoms with Gasteiger partial charge in [0.2, 0.25) is 0 Å².